The van der Waals surface area contributed by atoms with Crippen molar-refractivity contribution in [1.82, 2.24) is 8.87 Å². The molecule has 0 saturated carbocycles. The highest BCUT2D eigenvalue weighted by Gasteiger charge is 2.27. The maximum Gasteiger partial charge on any atom is 0.243 e. The highest BCUT2D eigenvalue weighted by molar-refractivity contribution is 7.89. The summed E-state index contributed by atoms with van der Waals surface area (Å²) in [6.45, 7) is 0.353. The van der Waals surface area contributed by atoms with Gasteiger partial charge in [0.1, 0.15) is 0 Å². The summed E-state index contributed by atoms with van der Waals surface area (Å²) in [6, 6.07) is 31.6. The van der Waals surface area contributed by atoms with Crippen LogP contribution in [0.2, 0.25) is 5.02 Å². The number of hydrogen-bond acceptors (Lipinski definition) is 3. The Morgan fingerprint density at radius 3 is 1.91 bits per heavy atom. The molecule has 0 radical (unpaired) electrons. The number of sulfonamides is 1. The number of aliphatic hydroxyl groups is 1. The van der Waals surface area contributed by atoms with Crippen molar-refractivity contribution in [3.8, 4) is 0 Å². The lowest BCUT2D eigenvalue weighted by Crippen LogP contribution is -2.38. The number of para-hydroxylation sites is 2. The van der Waals surface area contributed by atoms with E-state index in [9.17, 15) is 13.5 Å². The fourth-order valence-electron chi connectivity index (χ4n) is 4.49. The second kappa shape index (κ2) is 9.84. The quantitative estimate of drug-likeness (QED) is 0.295. The van der Waals surface area contributed by atoms with Crippen molar-refractivity contribution in [3.63, 3.8) is 0 Å². The first-order valence-corrected chi connectivity index (χ1v) is 13.2. The van der Waals surface area contributed by atoms with Crippen molar-refractivity contribution >= 4 is 43.4 Å². The van der Waals surface area contributed by atoms with E-state index in [4.69, 9.17) is 11.6 Å². The molecule has 0 fully saturated rings. The number of nitrogens with zero attached hydrogens (tertiary/aromatic N) is 2. The standard InChI is InChI=1S/C28H25ClN2O3S/c29-22-14-16-24(17-15-22)35(33,34)30(18-21-8-2-1-3-9-21)19-23(32)20-31-27-12-6-4-10-25(27)26-11-5-7-13-28(26)31/h1-17,23,32H,18-20H2. The fourth-order valence-corrected chi connectivity index (χ4v) is 6.09. The van der Waals surface area contributed by atoms with Crippen LogP contribution in [0.15, 0.2) is 108 Å². The summed E-state index contributed by atoms with van der Waals surface area (Å²) < 4.78 is 30.5. The molecule has 1 heterocycles. The number of hydrogen-bond donors (Lipinski definition) is 1. The van der Waals surface area contributed by atoms with Crippen molar-refractivity contribution < 1.29 is 13.5 Å². The van der Waals surface area contributed by atoms with Gasteiger partial charge < -0.3 is 9.67 Å². The van der Waals surface area contributed by atoms with Crippen molar-refractivity contribution in [2.45, 2.75) is 24.1 Å². The van der Waals surface area contributed by atoms with Gasteiger partial charge in [0.05, 0.1) is 17.5 Å². The van der Waals surface area contributed by atoms with E-state index in [0.717, 1.165) is 27.4 Å². The van der Waals surface area contributed by atoms with E-state index in [2.05, 4.69) is 16.7 Å². The Bertz CT molecular complexity index is 1510. The lowest BCUT2D eigenvalue weighted by molar-refractivity contribution is 0.128. The molecule has 5 aromatic rings. The third-order valence-electron chi connectivity index (χ3n) is 6.14. The van der Waals surface area contributed by atoms with Crippen LogP contribution in [0.1, 0.15) is 5.56 Å². The van der Waals surface area contributed by atoms with Crippen molar-refractivity contribution in [3.05, 3.63) is 114 Å². The third-order valence-corrected chi connectivity index (χ3v) is 8.22. The Hall–Kier alpha value is -3.16. The Morgan fingerprint density at radius 2 is 1.31 bits per heavy atom. The largest absolute Gasteiger partial charge is 0.390 e. The third kappa shape index (κ3) is 4.83. The second-order valence-corrected chi connectivity index (χ2v) is 10.9. The minimum atomic E-state index is -3.87. The predicted molar refractivity (Wildman–Crippen MR) is 141 cm³/mol. The molecule has 0 aliphatic rings. The Labute approximate surface area is 209 Å². The summed E-state index contributed by atoms with van der Waals surface area (Å²) in [4.78, 5) is 0.141. The molecule has 178 valence electrons. The van der Waals surface area contributed by atoms with Crippen molar-refractivity contribution in [2.24, 2.45) is 0 Å². The molecule has 1 aromatic heterocycles. The molecule has 0 aliphatic heterocycles. The van der Waals surface area contributed by atoms with Crippen LogP contribution in [-0.4, -0.2) is 35.0 Å². The number of aliphatic hydroxyl groups excluding tert-OH is 1. The molecule has 35 heavy (non-hydrogen) atoms. The summed E-state index contributed by atoms with van der Waals surface area (Å²) in [5.41, 5.74) is 2.85. The number of halogens is 1. The molecule has 7 heteroatoms. The second-order valence-electron chi connectivity index (χ2n) is 8.54. The Morgan fingerprint density at radius 1 is 0.771 bits per heavy atom. The van der Waals surface area contributed by atoms with Crippen LogP contribution in [0.3, 0.4) is 0 Å². The average molecular weight is 505 g/mol. The van der Waals surface area contributed by atoms with Crippen molar-refractivity contribution in [1.29, 1.82) is 0 Å². The van der Waals surface area contributed by atoms with Gasteiger partial charge in [-0.2, -0.15) is 4.31 Å². The molecule has 5 nitrogen and oxygen atoms in total. The summed E-state index contributed by atoms with van der Waals surface area (Å²) in [7, 11) is -3.87. The first kappa shape index (κ1) is 23.6. The highest BCUT2D eigenvalue weighted by Crippen LogP contribution is 2.29. The lowest BCUT2D eigenvalue weighted by Gasteiger charge is -2.25. The molecular formula is C28H25ClN2O3S. The molecule has 1 N–H and O–H groups in total. The number of benzene rings is 4. The van der Waals surface area contributed by atoms with Gasteiger partial charge in [-0.3, -0.25) is 0 Å². The first-order chi connectivity index (χ1) is 16.9. The monoisotopic (exact) mass is 504 g/mol. The zero-order valence-electron chi connectivity index (χ0n) is 19.0. The number of rotatable bonds is 8. The molecule has 0 amide bonds. The number of fused-ring (bicyclic) bond motifs is 3. The molecule has 0 aliphatic carbocycles. The summed E-state index contributed by atoms with van der Waals surface area (Å²) in [5.74, 6) is 0. The van der Waals surface area contributed by atoms with E-state index in [0.29, 0.717) is 5.02 Å². The molecule has 0 spiro atoms. The number of aromatic nitrogens is 1. The van der Waals surface area contributed by atoms with Gasteiger partial charge in [0.25, 0.3) is 0 Å². The van der Waals surface area contributed by atoms with Crippen LogP contribution in [0, 0.1) is 0 Å². The van der Waals surface area contributed by atoms with Gasteiger partial charge in [-0.05, 0) is 42.0 Å². The molecular weight excluding hydrogens is 480 g/mol. The van der Waals surface area contributed by atoms with Crippen LogP contribution in [-0.2, 0) is 23.1 Å². The molecule has 0 saturated heterocycles. The van der Waals surface area contributed by atoms with Crippen LogP contribution in [0.5, 0.6) is 0 Å². The average Bonchev–Trinajstić information content (AvgIpc) is 3.18. The van der Waals surface area contributed by atoms with Crippen LogP contribution in [0.4, 0.5) is 0 Å². The minimum Gasteiger partial charge on any atom is -0.390 e. The Balaban J connectivity index is 1.48. The zero-order chi connectivity index (χ0) is 24.4. The SMILES string of the molecule is O=S(=O)(c1ccc(Cl)cc1)N(Cc1ccccc1)CC(O)Cn1c2ccccc2c2ccccc21. The van der Waals surface area contributed by atoms with E-state index >= 15 is 0 Å². The van der Waals surface area contributed by atoms with E-state index in [1.54, 1.807) is 12.1 Å². The van der Waals surface area contributed by atoms with E-state index in [1.165, 1.54) is 16.4 Å². The summed E-state index contributed by atoms with van der Waals surface area (Å²) in [6.07, 6.45) is -0.931. The topological polar surface area (TPSA) is 62.5 Å². The molecule has 5 rings (SSSR count). The van der Waals surface area contributed by atoms with Crippen molar-refractivity contribution in [2.75, 3.05) is 6.54 Å². The first-order valence-electron chi connectivity index (χ1n) is 11.4. The summed E-state index contributed by atoms with van der Waals surface area (Å²) >= 11 is 5.98. The smallest absolute Gasteiger partial charge is 0.243 e. The van der Waals surface area contributed by atoms with Gasteiger partial charge in [-0.15, -0.1) is 0 Å². The van der Waals surface area contributed by atoms with E-state index in [-0.39, 0.29) is 24.5 Å². The van der Waals surface area contributed by atoms with Gasteiger partial charge in [-0.25, -0.2) is 8.42 Å². The molecule has 0 bridgehead atoms. The molecule has 1 atom stereocenters. The normalized spacial score (nSPS) is 13.0. The van der Waals surface area contributed by atoms with Gasteiger partial charge in [0, 0.05) is 39.9 Å². The van der Waals surface area contributed by atoms with Gasteiger partial charge in [0.15, 0.2) is 0 Å². The van der Waals surface area contributed by atoms with Crippen LogP contribution < -0.4 is 0 Å². The zero-order valence-corrected chi connectivity index (χ0v) is 20.5. The van der Waals surface area contributed by atoms with Gasteiger partial charge in [-0.1, -0.05) is 78.3 Å². The highest BCUT2D eigenvalue weighted by atomic mass is 35.5. The molecule has 4 aromatic carbocycles. The lowest BCUT2D eigenvalue weighted by atomic mass is 10.2. The minimum absolute atomic E-state index is 0.0549. The maximum atomic E-state index is 13.6. The van der Waals surface area contributed by atoms with E-state index in [1.807, 2.05) is 66.7 Å². The van der Waals surface area contributed by atoms with Crippen LogP contribution in [0.25, 0.3) is 21.8 Å². The maximum absolute atomic E-state index is 13.6. The van der Waals surface area contributed by atoms with Crippen LogP contribution >= 0.6 is 11.6 Å². The summed E-state index contributed by atoms with van der Waals surface area (Å²) in [5, 5.41) is 13.9. The molecule has 1 unspecified atom stereocenters. The predicted octanol–water partition coefficient (Wildman–Crippen LogP) is 5.70. The fraction of sp³-hybridized carbons (Fsp3) is 0.143. The van der Waals surface area contributed by atoms with Gasteiger partial charge >= 0.3 is 0 Å². The van der Waals surface area contributed by atoms with E-state index < -0.39 is 16.1 Å². The Kier molecular flexibility index (Phi) is 6.62. The van der Waals surface area contributed by atoms with Gasteiger partial charge in [0.2, 0.25) is 10.0 Å².